The number of aliphatic hydroxyl groups is 1. The molecule has 0 amide bonds. The Morgan fingerprint density at radius 3 is 2.75 bits per heavy atom. The van der Waals surface area contributed by atoms with Crippen molar-refractivity contribution in [1.29, 1.82) is 0 Å². The predicted octanol–water partition coefficient (Wildman–Crippen LogP) is 2.69. The van der Waals surface area contributed by atoms with E-state index in [1.165, 1.54) is 5.57 Å². The van der Waals surface area contributed by atoms with Crippen molar-refractivity contribution in [2.24, 2.45) is 0 Å². The Balaban J connectivity index is 2.52. The summed E-state index contributed by atoms with van der Waals surface area (Å²) in [7, 11) is 0. The summed E-state index contributed by atoms with van der Waals surface area (Å²) in [6.45, 7) is 8.58. The van der Waals surface area contributed by atoms with Gasteiger partial charge in [-0.05, 0) is 46.6 Å². The normalized spacial score (nSPS) is 14.6. The van der Waals surface area contributed by atoms with E-state index in [4.69, 9.17) is 0 Å². The number of rotatable bonds is 5. The molecule has 0 aromatic carbocycles. The van der Waals surface area contributed by atoms with E-state index < -0.39 is 5.60 Å². The average molecular weight is 222 g/mol. The highest BCUT2D eigenvalue weighted by Crippen LogP contribution is 2.16. The molecule has 1 heterocycles. The summed E-state index contributed by atoms with van der Waals surface area (Å²) in [5, 5.41) is 14.4. The number of hydrogen-bond donors (Lipinski definition) is 1. The molecule has 1 rings (SSSR count). The Morgan fingerprint density at radius 1 is 1.56 bits per heavy atom. The van der Waals surface area contributed by atoms with Crippen molar-refractivity contribution in [3.63, 3.8) is 0 Å². The van der Waals surface area contributed by atoms with Crippen molar-refractivity contribution >= 4 is 0 Å². The summed E-state index contributed by atoms with van der Waals surface area (Å²) >= 11 is 0. The van der Waals surface area contributed by atoms with Crippen LogP contribution in [0.2, 0.25) is 0 Å². The van der Waals surface area contributed by atoms with Gasteiger partial charge >= 0.3 is 0 Å². The summed E-state index contributed by atoms with van der Waals surface area (Å²) in [5.41, 5.74) is 1.69. The molecule has 0 saturated carbocycles. The van der Waals surface area contributed by atoms with Gasteiger partial charge in [-0.15, -0.1) is 0 Å². The maximum Gasteiger partial charge on any atom is 0.0817 e. The zero-order valence-electron chi connectivity index (χ0n) is 10.7. The Kier molecular flexibility index (Phi) is 4.30. The predicted molar refractivity (Wildman–Crippen MR) is 66.3 cm³/mol. The zero-order valence-corrected chi connectivity index (χ0v) is 10.7. The van der Waals surface area contributed by atoms with Gasteiger partial charge in [-0.2, -0.15) is 5.10 Å². The van der Waals surface area contributed by atoms with Gasteiger partial charge in [-0.1, -0.05) is 11.6 Å². The van der Waals surface area contributed by atoms with Gasteiger partial charge in [0.25, 0.3) is 0 Å². The van der Waals surface area contributed by atoms with E-state index in [-0.39, 0.29) is 0 Å². The minimum Gasteiger partial charge on any atom is -0.388 e. The second-order valence-electron chi connectivity index (χ2n) is 4.95. The van der Waals surface area contributed by atoms with Crippen molar-refractivity contribution < 1.29 is 5.11 Å². The second kappa shape index (κ2) is 5.30. The molecule has 1 unspecified atom stereocenters. The van der Waals surface area contributed by atoms with Crippen LogP contribution < -0.4 is 0 Å². The van der Waals surface area contributed by atoms with Crippen molar-refractivity contribution in [3.8, 4) is 0 Å². The van der Waals surface area contributed by atoms with Crippen LogP contribution in [0.3, 0.4) is 0 Å². The van der Waals surface area contributed by atoms with Gasteiger partial charge in [-0.3, -0.25) is 4.68 Å². The number of aromatic nitrogens is 2. The molecular weight excluding hydrogens is 200 g/mol. The fourth-order valence-electron chi connectivity index (χ4n) is 1.64. The van der Waals surface area contributed by atoms with Gasteiger partial charge in [0.2, 0.25) is 0 Å². The van der Waals surface area contributed by atoms with E-state index in [9.17, 15) is 5.11 Å². The Labute approximate surface area is 97.8 Å². The van der Waals surface area contributed by atoms with Crippen molar-refractivity contribution in [3.05, 3.63) is 29.6 Å². The monoisotopic (exact) mass is 222 g/mol. The maximum atomic E-state index is 10.2. The smallest absolute Gasteiger partial charge is 0.0817 e. The molecule has 0 spiro atoms. The third-order valence-corrected chi connectivity index (χ3v) is 2.65. The molecule has 3 nitrogen and oxygen atoms in total. The molecule has 0 aliphatic carbocycles. The molecule has 0 aliphatic rings. The first-order valence-corrected chi connectivity index (χ1v) is 5.75. The van der Waals surface area contributed by atoms with E-state index in [0.29, 0.717) is 6.54 Å². The van der Waals surface area contributed by atoms with Crippen molar-refractivity contribution in [2.45, 2.75) is 52.7 Å². The molecular formula is C13H22N2O. The molecule has 0 aliphatic heterocycles. The van der Waals surface area contributed by atoms with Crippen molar-refractivity contribution in [2.75, 3.05) is 0 Å². The van der Waals surface area contributed by atoms with E-state index in [1.54, 1.807) is 6.20 Å². The molecule has 1 atom stereocenters. The van der Waals surface area contributed by atoms with Crippen LogP contribution in [-0.4, -0.2) is 20.5 Å². The zero-order chi connectivity index (χ0) is 12.2. The van der Waals surface area contributed by atoms with E-state index in [0.717, 1.165) is 18.5 Å². The van der Waals surface area contributed by atoms with E-state index in [2.05, 4.69) is 25.0 Å². The van der Waals surface area contributed by atoms with Crippen LogP contribution in [0.15, 0.2) is 23.9 Å². The molecule has 1 aromatic rings. The van der Waals surface area contributed by atoms with Gasteiger partial charge in [0.1, 0.15) is 0 Å². The lowest BCUT2D eigenvalue weighted by Gasteiger charge is -2.23. The highest BCUT2D eigenvalue weighted by atomic mass is 16.3. The average Bonchev–Trinajstić information content (AvgIpc) is 2.50. The summed E-state index contributed by atoms with van der Waals surface area (Å²) in [6.07, 6.45) is 5.60. The first-order valence-electron chi connectivity index (χ1n) is 5.75. The molecule has 0 saturated heterocycles. The SMILES string of the molecule is CC(C)=CCCC(C)(O)Cn1nccc1C. The molecule has 0 fully saturated rings. The van der Waals surface area contributed by atoms with Gasteiger partial charge in [0, 0.05) is 11.9 Å². The molecule has 1 N–H and O–H groups in total. The van der Waals surface area contributed by atoms with Crippen LogP contribution in [0.4, 0.5) is 0 Å². The van der Waals surface area contributed by atoms with Crippen LogP contribution in [0.25, 0.3) is 0 Å². The third-order valence-electron chi connectivity index (χ3n) is 2.65. The standard InChI is InChI=1S/C13H22N2O/c1-11(2)6-5-8-13(4,16)10-15-12(3)7-9-14-15/h6-7,9,16H,5,8,10H2,1-4H3. The van der Waals surface area contributed by atoms with Gasteiger partial charge in [-0.25, -0.2) is 0 Å². The van der Waals surface area contributed by atoms with Crippen LogP contribution in [0.5, 0.6) is 0 Å². The van der Waals surface area contributed by atoms with Gasteiger partial charge in [0.15, 0.2) is 0 Å². The lowest BCUT2D eigenvalue weighted by atomic mass is 9.99. The fraction of sp³-hybridized carbons (Fsp3) is 0.615. The van der Waals surface area contributed by atoms with Gasteiger partial charge in [0.05, 0.1) is 12.1 Å². The van der Waals surface area contributed by atoms with Gasteiger partial charge < -0.3 is 5.11 Å². The van der Waals surface area contributed by atoms with Crippen molar-refractivity contribution in [1.82, 2.24) is 9.78 Å². The lowest BCUT2D eigenvalue weighted by molar-refractivity contribution is 0.0300. The highest BCUT2D eigenvalue weighted by Gasteiger charge is 2.20. The molecule has 0 radical (unpaired) electrons. The van der Waals surface area contributed by atoms with Crippen LogP contribution in [0.1, 0.15) is 39.3 Å². The summed E-state index contributed by atoms with van der Waals surface area (Å²) < 4.78 is 1.85. The Morgan fingerprint density at radius 2 is 2.25 bits per heavy atom. The van der Waals surface area contributed by atoms with Crippen LogP contribution >= 0.6 is 0 Å². The summed E-state index contributed by atoms with van der Waals surface area (Å²) in [6, 6.07) is 1.95. The minimum absolute atomic E-state index is 0.558. The third kappa shape index (κ3) is 4.19. The Bertz CT molecular complexity index is 360. The maximum absolute atomic E-state index is 10.2. The Hall–Kier alpha value is -1.09. The van der Waals surface area contributed by atoms with E-state index in [1.807, 2.05) is 24.6 Å². The number of aryl methyl sites for hydroxylation is 1. The molecule has 0 bridgehead atoms. The summed E-state index contributed by atoms with van der Waals surface area (Å²) in [4.78, 5) is 0. The summed E-state index contributed by atoms with van der Waals surface area (Å²) in [5.74, 6) is 0. The number of allylic oxidation sites excluding steroid dienone is 2. The largest absolute Gasteiger partial charge is 0.388 e. The molecule has 3 heteroatoms. The molecule has 90 valence electrons. The van der Waals surface area contributed by atoms with Crippen LogP contribution in [-0.2, 0) is 6.54 Å². The lowest BCUT2D eigenvalue weighted by Crippen LogP contribution is -2.31. The molecule has 1 aromatic heterocycles. The quantitative estimate of drug-likeness (QED) is 0.778. The first-order chi connectivity index (χ1) is 7.41. The fourth-order valence-corrected chi connectivity index (χ4v) is 1.64. The first kappa shape index (κ1) is 13.0. The highest BCUT2D eigenvalue weighted by molar-refractivity contribution is 4.98. The second-order valence-corrected chi connectivity index (χ2v) is 4.95. The number of nitrogens with zero attached hydrogens (tertiary/aromatic N) is 2. The van der Waals surface area contributed by atoms with E-state index >= 15 is 0 Å². The topological polar surface area (TPSA) is 38.0 Å². The van der Waals surface area contributed by atoms with Crippen LogP contribution in [0, 0.1) is 6.92 Å². The minimum atomic E-state index is -0.692. The number of hydrogen-bond acceptors (Lipinski definition) is 2. The molecule has 16 heavy (non-hydrogen) atoms.